The fraction of sp³-hybridized carbons (Fsp3) is 0.273. The summed E-state index contributed by atoms with van der Waals surface area (Å²) in [7, 11) is -3.66. The number of hydrogen-bond acceptors (Lipinski definition) is 5. The van der Waals surface area contributed by atoms with E-state index in [0.717, 1.165) is 25.0 Å². The lowest BCUT2D eigenvalue weighted by Crippen LogP contribution is -2.24. The SMILES string of the molecule is CCCCNS(=O)(=O)c1cccc(NC(=O)CCc2ncc(-c3c(F)cccc3F)o2)c1. The molecule has 10 heteroatoms. The van der Waals surface area contributed by atoms with Crippen LogP contribution in [0, 0.1) is 11.6 Å². The first-order chi connectivity index (χ1) is 15.3. The maximum atomic E-state index is 13.9. The van der Waals surface area contributed by atoms with Crippen molar-refractivity contribution in [1.82, 2.24) is 9.71 Å². The van der Waals surface area contributed by atoms with Gasteiger partial charge in [0.25, 0.3) is 0 Å². The number of carbonyl (C=O) groups is 1. The first-order valence-electron chi connectivity index (χ1n) is 10.1. The van der Waals surface area contributed by atoms with E-state index < -0.39 is 27.6 Å². The molecule has 2 N–H and O–H groups in total. The molecule has 0 bridgehead atoms. The molecule has 0 saturated carbocycles. The summed E-state index contributed by atoms with van der Waals surface area (Å²) in [5.41, 5.74) is 0.0103. The van der Waals surface area contributed by atoms with Crippen LogP contribution >= 0.6 is 0 Å². The third kappa shape index (κ3) is 5.98. The molecule has 32 heavy (non-hydrogen) atoms. The molecule has 0 aliphatic rings. The average molecular weight is 464 g/mol. The van der Waals surface area contributed by atoms with Gasteiger partial charge in [-0.1, -0.05) is 25.5 Å². The summed E-state index contributed by atoms with van der Waals surface area (Å²) in [5, 5.41) is 2.63. The van der Waals surface area contributed by atoms with Crippen LogP contribution in [-0.4, -0.2) is 25.9 Å². The molecule has 3 aromatic rings. The topological polar surface area (TPSA) is 101 Å². The molecule has 1 amide bonds. The molecule has 0 spiro atoms. The monoisotopic (exact) mass is 463 g/mol. The molecule has 0 aliphatic heterocycles. The zero-order valence-electron chi connectivity index (χ0n) is 17.4. The van der Waals surface area contributed by atoms with E-state index in [1.165, 1.54) is 30.5 Å². The molecular weight excluding hydrogens is 440 g/mol. The van der Waals surface area contributed by atoms with E-state index >= 15 is 0 Å². The van der Waals surface area contributed by atoms with Gasteiger partial charge in [0.05, 0.1) is 16.7 Å². The van der Waals surface area contributed by atoms with E-state index in [0.29, 0.717) is 12.2 Å². The second-order valence-corrected chi connectivity index (χ2v) is 8.81. The van der Waals surface area contributed by atoms with Gasteiger partial charge in [0, 0.05) is 25.1 Å². The number of unbranched alkanes of at least 4 members (excludes halogenated alkanes) is 1. The molecule has 2 aromatic carbocycles. The Morgan fingerprint density at radius 2 is 1.84 bits per heavy atom. The number of amides is 1. The van der Waals surface area contributed by atoms with Crippen LogP contribution in [-0.2, 0) is 21.2 Å². The van der Waals surface area contributed by atoms with Gasteiger partial charge in [-0.05, 0) is 36.8 Å². The summed E-state index contributed by atoms with van der Waals surface area (Å²) in [6.07, 6.45) is 2.86. The second-order valence-electron chi connectivity index (χ2n) is 7.04. The third-order valence-corrected chi connectivity index (χ3v) is 6.04. The number of aromatic nitrogens is 1. The molecule has 1 aromatic heterocycles. The molecule has 1 heterocycles. The van der Waals surface area contributed by atoms with Crippen molar-refractivity contribution in [3.05, 3.63) is 66.2 Å². The Morgan fingerprint density at radius 1 is 1.12 bits per heavy atom. The van der Waals surface area contributed by atoms with Crippen molar-refractivity contribution < 1.29 is 26.4 Å². The van der Waals surface area contributed by atoms with Crippen molar-refractivity contribution in [3.8, 4) is 11.3 Å². The first-order valence-corrected chi connectivity index (χ1v) is 11.6. The van der Waals surface area contributed by atoms with Crippen LogP contribution in [0.15, 0.2) is 58.0 Å². The number of nitrogens with zero attached hydrogens (tertiary/aromatic N) is 1. The van der Waals surface area contributed by atoms with Gasteiger partial charge in [0.15, 0.2) is 11.7 Å². The number of benzene rings is 2. The predicted molar refractivity (Wildman–Crippen MR) is 115 cm³/mol. The van der Waals surface area contributed by atoms with Gasteiger partial charge < -0.3 is 9.73 Å². The van der Waals surface area contributed by atoms with E-state index in [2.05, 4.69) is 15.0 Å². The highest BCUT2D eigenvalue weighted by Gasteiger charge is 2.17. The number of halogens is 2. The van der Waals surface area contributed by atoms with Crippen molar-refractivity contribution >= 4 is 21.6 Å². The quantitative estimate of drug-likeness (QED) is 0.437. The van der Waals surface area contributed by atoms with Crippen LogP contribution in [0.3, 0.4) is 0 Å². The highest BCUT2D eigenvalue weighted by atomic mass is 32.2. The number of oxazole rings is 1. The maximum Gasteiger partial charge on any atom is 0.240 e. The standard InChI is InChI=1S/C22H23F2N3O4S/c1-2-3-12-26-32(29,30)16-7-4-6-15(13-16)27-20(28)10-11-21-25-14-19(31-21)22-17(23)8-5-9-18(22)24/h4-9,13-14,26H,2-3,10-12H2,1H3,(H,27,28). The fourth-order valence-corrected chi connectivity index (χ4v) is 4.05. The van der Waals surface area contributed by atoms with Crippen molar-refractivity contribution in [2.45, 2.75) is 37.5 Å². The van der Waals surface area contributed by atoms with E-state index in [-0.39, 0.29) is 35.0 Å². The van der Waals surface area contributed by atoms with Gasteiger partial charge in [-0.15, -0.1) is 0 Å². The van der Waals surface area contributed by atoms with Crippen molar-refractivity contribution in [1.29, 1.82) is 0 Å². The third-order valence-electron chi connectivity index (χ3n) is 4.58. The van der Waals surface area contributed by atoms with Gasteiger partial charge in [0.2, 0.25) is 15.9 Å². The number of hydrogen-bond donors (Lipinski definition) is 2. The minimum atomic E-state index is -3.66. The van der Waals surface area contributed by atoms with Gasteiger partial charge in [-0.3, -0.25) is 4.79 Å². The Bertz CT molecular complexity index is 1180. The number of carbonyl (C=O) groups excluding carboxylic acids is 1. The molecule has 0 unspecified atom stereocenters. The Kier molecular flexibility index (Phi) is 7.70. The second kappa shape index (κ2) is 10.5. The van der Waals surface area contributed by atoms with Crippen LogP contribution < -0.4 is 10.0 Å². The van der Waals surface area contributed by atoms with Crippen LogP contribution in [0.4, 0.5) is 14.5 Å². The molecule has 7 nitrogen and oxygen atoms in total. The first kappa shape index (κ1) is 23.6. The van der Waals surface area contributed by atoms with E-state index in [1.54, 1.807) is 6.07 Å². The Labute approximate surface area is 184 Å². The van der Waals surface area contributed by atoms with Crippen LogP contribution in [0.1, 0.15) is 32.1 Å². The number of anilines is 1. The van der Waals surface area contributed by atoms with E-state index in [1.807, 2.05) is 6.92 Å². The summed E-state index contributed by atoms with van der Waals surface area (Å²) in [5.74, 6) is -1.86. The van der Waals surface area contributed by atoms with Crippen molar-refractivity contribution in [2.24, 2.45) is 0 Å². The Morgan fingerprint density at radius 3 is 2.56 bits per heavy atom. The molecule has 0 fully saturated rings. The maximum absolute atomic E-state index is 13.9. The van der Waals surface area contributed by atoms with E-state index in [9.17, 15) is 22.0 Å². The van der Waals surface area contributed by atoms with Crippen LogP contribution in [0.5, 0.6) is 0 Å². The van der Waals surface area contributed by atoms with Crippen LogP contribution in [0.2, 0.25) is 0 Å². The minimum Gasteiger partial charge on any atom is -0.441 e. The van der Waals surface area contributed by atoms with Gasteiger partial charge >= 0.3 is 0 Å². The summed E-state index contributed by atoms with van der Waals surface area (Å²) in [6.45, 7) is 2.30. The lowest BCUT2D eigenvalue weighted by molar-refractivity contribution is -0.116. The van der Waals surface area contributed by atoms with Crippen molar-refractivity contribution in [3.63, 3.8) is 0 Å². The van der Waals surface area contributed by atoms with E-state index in [4.69, 9.17) is 4.42 Å². The molecule has 0 atom stereocenters. The molecule has 0 aliphatic carbocycles. The highest BCUT2D eigenvalue weighted by Crippen LogP contribution is 2.27. The summed E-state index contributed by atoms with van der Waals surface area (Å²) < 4.78 is 60.3. The fourth-order valence-electron chi connectivity index (χ4n) is 2.93. The Balaban J connectivity index is 1.60. The molecule has 3 rings (SSSR count). The van der Waals surface area contributed by atoms with Gasteiger partial charge in [-0.25, -0.2) is 26.9 Å². The smallest absolute Gasteiger partial charge is 0.240 e. The summed E-state index contributed by atoms with van der Waals surface area (Å²) in [6, 6.07) is 9.40. The number of rotatable bonds is 10. The number of nitrogens with one attached hydrogen (secondary N) is 2. The lowest BCUT2D eigenvalue weighted by atomic mass is 10.1. The summed E-state index contributed by atoms with van der Waals surface area (Å²) in [4.78, 5) is 16.3. The van der Waals surface area contributed by atoms with Crippen molar-refractivity contribution in [2.75, 3.05) is 11.9 Å². The van der Waals surface area contributed by atoms with Crippen LogP contribution in [0.25, 0.3) is 11.3 Å². The van der Waals surface area contributed by atoms with Gasteiger partial charge in [0.1, 0.15) is 11.6 Å². The Hall–Kier alpha value is -3.11. The zero-order chi connectivity index (χ0) is 23.1. The molecule has 0 saturated heterocycles. The molecular formula is C22H23F2N3O4S. The normalized spacial score (nSPS) is 11.5. The largest absolute Gasteiger partial charge is 0.441 e. The lowest BCUT2D eigenvalue weighted by Gasteiger charge is -2.09. The summed E-state index contributed by atoms with van der Waals surface area (Å²) >= 11 is 0. The number of aryl methyl sites for hydroxylation is 1. The average Bonchev–Trinajstić information content (AvgIpc) is 3.21. The molecule has 0 radical (unpaired) electrons. The van der Waals surface area contributed by atoms with Gasteiger partial charge in [-0.2, -0.15) is 0 Å². The predicted octanol–water partition coefficient (Wildman–Crippen LogP) is 4.27. The highest BCUT2D eigenvalue weighted by molar-refractivity contribution is 7.89. The zero-order valence-corrected chi connectivity index (χ0v) is 18.2. The molecule has 170 valence electrons. The minimum absolute atomic E-state index is 0.0224. The number of sulfonamides is 1.